The van der Waals surface area contributed by atoms with Crippen molar-refractivity contribution in [1.29, 1.82) is 0 Å². The van der Waals surface area contributed by atoms with Gasteiger partial charge in [-0.15, -0.1) is 17.8 Å². The van der Waals surface area contributed by atoms with Gasteiger partial charge in [-0.25, -0.2) is 4.98 Å². The number of ketones is 1. The monoisotopic (exact) mass is 487 g/mol. The third-order valence-electron chi connectivity index (χ3n) is 3.70. The summed E-state index contributed by atoms with van der Waals surface area (Å²) in [6, 6.07) is 11.8. The number of aromatic nitrogens is 1. The maximum atomic E-state index is 11.1. The molecule has 0 aliphatic heterocycles. The molecule has 0 aliphatic rings. The smallest absolute Gasteiger partial charge is 0.269 e. The van der Waals surface area contributed by atoms with E-state index in [4.69, 9.17) is 6.42 Å². The van der Waals surface area contributed by atoms with Crippen molar-refractivity contribution in [2.24, 2.45) is 0 Å². The molecule has 0 bridgehead atoms. The fourth-order valence-corrected chi connectivity index (χ4v) is 3.29. The SMILES string of the molecule is C#CCc1nc(-c2ccc([N+](=O)[O-])cc2)cs1.O=C(CBr)c1ccc([N+](=O)[O-])cc1. The lowest BCUT2D eigenvalue weighted by atomic mass is 10.1. The summed E-state index contributed by atoms with van der Waals surface area (Å²) in [5.74, 6) is 2.44. The van der Waals surface area contributed by atoms with Crippen LogP contribution in [0.4, 0.5) is 11.4 Å². The van der Waals surface area contributed by atoms with Crippen LogP contribution >= 0.6 is 27.3 Å². The molecular weight excluding hydrogens is 474 g/mol. The van der Waals surface area contributed by atoms with E-state index in [0.29, 0.717) is 12.0 Å². The minimum atomic E-state index is -0.498. The van der Waals surface area contributed by atoms with Crippen molar-refractivity contribution in [3.05, 3.63) is 84.7 Å². The maximum absolute atomic E-state index is 11.1. The molecule has 2 aromatic carbocycles. The van der Waals surface area contributed by atoms with E-state index < -0.39 is 9.85 Å². The summed E-state index contributed by atoms with van der Waals surface area (Å²) in [6.45, 7) is 0. The Labute approximate surface area is 184 Å². The van der Waals surface area contributed by atoms with Gasteiger partial charge in [-0.3, -0.25) is 25.0 Å². The van der Waals surface area contributed by atoms with Crippen molar-refractivity contribution >= 4 is 44.4 Å². The van der Waals surface area contributed by atoms with E-state index in [1.165, 1.54) is 47.7 Å². The molecule has 1 heterocycles. The van der Waals surface area contributed by atoms with E-state index in [2.05, 4.69) is 26.8 Å². The van der Waals surface area contributed by atoms with Gasteiger partial charge in [0.05, 0.1) is 27.3 Å². The molecule has 0 amide bonds. The predicted octanol–water partition coefficient (Wildman–Crippen LogP) is 5.07. The molecule has 152 valence electrons. The number of hydrogen-bond acceptors (Lipinski definition) is 7. The number of carbonyl (C=O) groups excluding carboxylic acids is 1. The Bertz CT molecular complexity index is 1090. The highest BCUT2D eigenvalue weighted by Crippen LogP contribution is 2.24. The summed E-state index contributed by atoms with van der Waals surface area (Å²) in [5, 5.41) is 23.8. The zero-order valence-corrected chi connectivity index (χ0v) is 17.8. The summed E-state index contributed by atoms with van der Waals surface area (Å²) in [4.78, 5) is 35.3. The van der Waals surface area contributed by atoms with Gasteiger partial charge in [0.25, 0.3) is 11.4 Å². The van der Waals surface area contributed by atoms with Crippen LogP contribution in [0.3, 0.4) is 0 Å². The molecule has 3 aromatic rings. The minimum absolute atomic E-state index is 0.00822. The summed E-state index contributed by atoms with van der Waals surface area (Å²) in [7, 11) is 0. The Balaban J connectivity index is 0.000000222. The number of rotatable bonds is 6. The first kappa shape index (κ1) is 22.9. The number of halogens is 1. The molecule has 0 fully saturated rings. The van der Waals surface area contributed by atoms with E-state index in [-0.39, 0.29) is 22.5 Å². The molecule has 30 heavy (non-hydrogen) atoms. The molecule has 0 aliphatic carbocycles. The van der Waals surface area contributed by atoms with Gasteiger partial charge in [0.15, 0.2) is 5.78 Å². The highest BCUT2D eigenvalue weighted by Gasteiger charge is 2.08. The fraction of sp³-hybridized carbons (Fsp3) is 0.100. The number of nitrogens with zero attached hydrogens (tertiary/aromatic N) is 3. The number of thiazole rings is 1. The second kappa shape index (κ2) is 10.9. The molecule has 0 saturated carbocycles. The van der Waals surface area contributed by atoms with Crippen LogP contribution in [0.2, 0.25) is 0 Å². The second-order valence-electron chi connectivity index (χ2n) is 5.67. The molecule has 3 rings (SSSR count). The number of Topliss-reactive ketones (excluding diaryl/α,β-unsaturated/α-hetero) is 1. The molecule has 0 radical (unpaired) electrons. The van der Waals surface area contributed by atoms with Gasteiger partial charge in [-0.05, 0) is 24.3 Å². The number of alkyl halides is 1. The molecule has 0 saturated heterocycles. The van der Waals surface area contributed by atoms with Crippen molar-refractivity contribution in [1.82, 2.24) is 4.98 Å². The van der Waals surface area contributed by atoms with Crippen LogP contribution in [-0.2, 0) is 6.42 Å². The third-order valence-corrected chi connectivity index (χ3v) is 5.06. The first-order valence-electron chi connectivity index (χ1n) is 8.32. The number of non-ortho nitro benzene ring substituents is 2. The van der Waals surface area contributed by atoms with Gasteiger partial charge in [-0.1, -0.05) is 21.9 Å². The van der Waals surface area contributed by atoms with E-state index in [9.17, 15) is 25.0 Å². The fourth-order valence-electron chi connectivity index (χ4n) is 2.21. The second-order valence-corrected chi connectivity index (χ2v) is 7.18. The van der Waals surface area contributed by atoms with Gasteiger partial charge < -0.3 is 0 Å². The van der Waals surface area contributed by atoms with Crippen LogP contribution in [0.15, 0.2) is 53.9 Å². The van der Waals surface area contributed by atoms with Crippen molar-refractivity contribution in [2.45, 2.75) is 6.42 Å². The van der Waals surface area contributed by atoms with E-state index in [1.807, 2.05) is 5.38 Å². The first-order chi connectivity index (χ1) is 14.3. The number of nitro benzene ring substituents is 2. The van der Waals surface area contributed by atoms with Crippen molar-refractivity contribution in [2.75, 3.05) is 5.33 Å². The quantitative estimate of drug-likeness (QED) is 0.157. The molecule has 8 nitrogen and oxygen atoms in total. The Kier molecular flexibility index (Phi) is 8.34. The van der Waals surface area contributed by atoms with Crippen molar-refractivity contribution in [3.8, 4) is 23.6 Å². The Morgan fingerprint density at radius 2 is 1.57 bits per heavy atom. The lowest BCUT2D eigenvalue weighted by Gasteiger charge is -1.95. The zero-order valence-electron chi connectivity index (χ0n) is 15.4. The molecule has 0 spiro atoms. The van der Waals surface area contributed by atoms with E-state index >= 15 is 0 Å². The van der Waals surface area contributed by atoms with Crippen LogP contribution in [0, 0.1) is 32.6 Å². The largest absolute Gasteiger partial charge is 0.293 e. The highest BCUT2D eigenvalue weighted by molar-refractivity contribution is 9.09. The van der Waals surface area contributed by atoms with Gasteiger partial charge in [-0.2, -0.15) is 0 Å². The number of benzene rings is 2. The molecule has 10 heteroatoms. The van der Waals surface area contributed by atoms with Crippen molar-refractivity contribution < 1.29 is 14.6 Å². The molecule has 0 N–H and O–H groups in total. The average molecular weight is 488 g/mol. The molecule has 0 unspecified atom stereocenters. The van der Waals surface area contributed by atoms with E-state index in [0.717, 1.165) is 16.3 Å². The lowest BCUT2D eigenvalue weighted by Crippen LogP contribution is -1.99. The van der Waals surface area contributed by atoms with Gasteiger partial charge in [0.1, 0.15) is 5.01 Å². The van der Waals surface area contributed by atoms with Crippen LogP contribution in [0.1, 0.15) is 15.4 Å². The van der Waals surface area contributed by atoms with Gasteiger partial charge in [0.2, 0.25) is 0 Å². The average Bonchev–Trinajstić information content (AvgIpc) is 3.22. The predicted molar refractivity (Wildman–Crippen MR) is 118 cm³/mol. The third kappa shape index (κ3) is 6.30. The van der Waals surface area contributed by atoms with E-state index in [1.54, 1.807) is 12.1 Å². The lowest BCUT2D eigenvalue weighted by molar-refractivity contribution is -0.385. The molecular formula is C20H14BrN3O5S. The number of hydrogen-bond donors (Lipinski definition) is 0. The van der Waals surface area contributed by atoms with Gasteiger partial charge in [0, 0.05) is 40.8 Å². The first-order valence-corrected chi connectivity index (χ1v) is 10.3. The summed E-state index contributed by atoms with van der Waals surface area (Å²) < 4.78 is 0. The van der Waals surface area contributed by atoms with Crippen LogP contribution in [0.25, 0.3) is 11.3 Å². The summed E-state index contributed by atoms with van der Waals surface area (Å²) in [6.07, 6.45) is 5.71. The number of carbonyl (C=O) groups is 1. The Morgan fingerprint density at radius 1 is 1.03 bits per heavy atom. The van der Waals surface area contributed by atoms with Crippen LogP contribution in [-0.4, -0.2) is 25.9 Å². The standard InChI is InChI=1S/C12H8N2O2S.C8H6BrNO3/c1-2-3-12-13-11(8-17-12)9-4-6-10(7-5-9)14(15)16;9-5-8(11)6-1-3-7(4-2-6)10(12)13/h1,4-8H,3H2;1-4H,5H2. The topological polar surface area (TPSA) is 116 Å². The molecule has 0 atom stereocenters. The summed E-state index contributed by atoms with van der Waals surface area (Å²) in [5.41, 5.74) is 2.20. The van der Waals surface area contributed by atoms with Gasteiger partial charge >= 0.3 is 0 Å². The highest BCUT2D eigenvalue weighted by atomic mass is 79.9. The maximum Gasteiger partial charge on any atom is 0.269 e. The van der Waals surface area contributed by atoms with Crippen molar-refractivity contribution in [3.63, 3.8) is 0 Å². The van der Waals surface area contributed by atoms with Crippen LogP contribution in [0.5, 0.6) is 0 Å². The summed E-state index contributed by atoms with van der Waals surface area (Å²) >= 11 is 4.51. The Hall–Kier alpha value is -3.42. The minimum Gasteiger partial charge on any atom is -0.293 e. The molecule has 1 aromatic heterocycles. The van der Waals surface area contributed by atoms with Crippen LogP contribution < -0.4 is 0 Å². The zero-order chi connectivity index (χ0) is 22.1. The number of nitro groups is 2. The number of terminal acetylenes is 1. The normalized spacial score (nSPS) is 9.73. The Morgan fingerprint density at radius 3 is 2.03 bits per heavy atom.